The zero-order valence-corrected chi connectivity index (χ0v) is 13.5. The Bertz CT molecular complexity index is 788. The molecule has 2 amide bonds. The van der Waals surface area contributed by atoms with Gasteiger partial charge in [0.25, 0.3) is 5.91 Å². The minimum absolute atomic E-state index is 0.170. The van der Waals surface area contributed by atoms with Gasteiger partial charge in [0.05, 0.1) is 24.9 Å². The van der Waals surface area contributed by atoms with Crippen LogP contribution in [0.4, 0.5) is 11.4 Å². The van der Waals surface area contributed by atoms with Crippen molar-refractivity contribution < 1.29 is 19.1 Å². The second kappa shape index (κ2) is 6.62. The monoisotopic (exact) mass is 326 g/mol. The fraction of sp³-hybridized carbons (Fsp3) is 0.222. The number of hydrogen-bond acceptors (Lipinski definition) is 4. The van der Waals surface area contributed by atoms with Gasteiger partial charge in [-0.2, -0.15) is 0 Å². The van der Waals surface area contributed by atoms with Crippen LogP contribution < -0.4 is 20.1 Å². The number of para-hydroxylation sites is 2. The lowest BCUT2D eigenvalue weighted by molar-refractivity contribution is -0.122. The summed E-state index contributed by atoms with van der Waals surface area (Å²) in [5, 5.41) is 5.60. The van der Waals surface area contributed by atoms with E-state index in [-0.39, 0.29) is 18.2 Å². The number of nitrogens with one attached hydrogen (secondary N) is 2. The predicted octanol–water partition coefficient (Wildman–Crippen LogP) is 2.60. The molecule has 2 aromatic rings. The molecule has 2 aromatic carbocycles. The zero-order chi connectivity index (χ0) is 17.1. The first kappa shape index (κ1) is 15.9. The molecule has 1 aliphatic heterocycles. The number of carbonyl (C=O) groups is 2. The van der Waals surface area contributed by atoms with Gasteiger partial charge in [-0.1, -0.05) is 18.2 Å². The van der Waals surface area contributed by atoms with E-state index in [0.717, 1.165) is 5.56 Å². The van der Waals surface area contributed by atoms with Crippen LogP contribution in [0.5, 0.6) is 11.5 Å². The SMILES string of the molecule is COc1ccccc1NC(=O)Cc1ccc2c(c1)NC(=O)C(C)O2. The molecule has 0 saturated carbocycles. The highest BCUT2D eigenvalue weighted by atomic mass is 16.5. The minimum atomic E-state index is -0.516. The third kappa shape index (κ3) is 3.32. The molecule has 1 aliphatic rings. The van der Waals surface area contributed by atoms with E-state index in [9.17, 15) is 9.59 Å². The summed E-state index contributed by atoms with van der Waals surface area (Å²) in [5.41, 5.74) is 1.98. The largest absolute Gasteiger partial charge is 0.495 e. The summed E-state index contributed by atoms with van der Waals surface area (Å²) in [4.78, 5) is 23.9. The zero-order valence-electron chi connectivity index (χ0n) is 13.5. The maximum absolute atomic E-state index is 12.2. The van der Waals surface area contributed by atoms with Gasteiger partial charge in [0.2, 0.25) is 5.91 Å². The maximum Gasteiger partial charge on any atom is 0.265 e. The number of fused-ring (bicyclic) bond motifs is 1. The van der Waals surface area contributed by atoms with Crippen molar-refractivity contribution in [1.82, 2.24) is 0 Å². The summed E-state index contributed by atoms with van der Waals surface area (Å²) in [7, 11) is 1.55. The maximum atomic E-state index is 12.2. The van der Waals surface area contributed by atoms with Crippen molar-refractivity contribution in [3.63, 3.8) is 0 Å². The van der Waals surface area contributed by atoms with E-state index in [0.29, 0.717) is 22.9 Å². The summed E-state index contributed by atoms with van der Waals surface area (Å²) in [6.45, 7) is 1.69. The lowest BCUT2D eigenvalue weighted by Crippen LogP contribution is -2.34. The van der Waals surface area contributed by atoms with Crippen molar-refractivity contribution >= 4 is 23.2 Å². The standard InChI is InChI=1S/C18H18N2O4/c1-11-18(22)20-14-9-12(7-8-16(14)24-11)10-17(21)19-13-5-3-4-6-15(13)23-2/h3-9,11H,10H2,1-2H3,(H,19,21)(H,20,22). The highest BCUT2D eigenvalue weighted by Crippen LogP contribution is 2.30. The first-order valence-electron chi connectivity index (χ1n) is 7.60. The minimum Gasteiger partial charge on any atom is -0.495 e. The molecule has 6 heteroatoms. The van der Waals surface area contributed by atoms with Crippen LogP contribution in [0.1, 0.15) is 12.5 Å². The number of amides is 2. The quantitative estimate of drug-likeness (QED) is 0.905. The molecular weight excluding hydrogens is 308 g/mol. The lowest BCUT2D eigenvalue weighted by atomic mass is 10.1. The third-order valence-corrected chi connectivity index (χ3v) is 3.72. The van der Waals surface area contributed by atoms with Crippen LogP contribution in [0.15, 0.2) is 42.5 Å². The van der Waals surface area contributed by atoms with E-state index in [4.69, 9.17) is 9.47 Å². The fourth-order valence-electron chi connectivity index (χ4n) is 2.49. The molecule has 3 rings (SSSR count). The second-order valence-corrected chi connectivity index (χ2v) is 5.51. The Hall–Kier alpha value is -3.02. The molecule has 1 heterocycles. The van der Waals surface area contributed by atoms with E-state index < -0.39 is 6.10 Å². The van der Waals surface area contributed by atoms with Crippen LogP contribution in [0.3, 0.4) is 0 Å². The molecule has 1 atom stereocenters. The van der Waals surface area contributed by atoms with Crippen molar-refractivity contribution in [2.24, 2.45) is 0 Å². The van der Waals surface area contributed by atoms with E-state index in [1.807, 2.05) is 18.2 Å². The highest BCUT2D eigenvalue weighted by Gasteiger charge is 2.23. The number of ether oxygens (including phenoxy) is 2. The van der Waals surface area contributed by atoms with Gasteiger partial charge < -0.3 is 20.1 Å². The van der Waals surface area contributed by atoms with Gasteiger partial charge in [0.1, 0.15) is 11.5 Å². The van der Waals surface area contributed by atoms with Crippen molar-refractivity contribution in [3.8, 4) is 11.5 Å². The number of carbonyl (C=O) groups excluding carboxylic acids is 2. The molecule has 124 valence electrons. The van der Waals surface area contributed by atoms with Crippen molar-refractivity contribution in [2.75, 3.05) is 17.7 Å². The summed E-state index contributed by atoms with van der Waals surface area (Å²) in [6.07, 6.45) is -0.339. The van der Waals surface area contributed by atoms with Gasteiger partial charge >= 0.3 is 0 Å². The van der Waals surface area contributed by atoms with Gasteiger partial charge in [-0.25, -0.2) is 0 Å². The molecule has 2 N–H and O–H groups in total. The van der Waals surface area contributed by atoms with Crippen LogP contribution in [-0.4, -0.2) is 25.0 Å². The second-order valence-electron chi connectivity index (χ2n) is 5.51. The molecule has 24 heavy (non-hydrogen) atoms. The van der Waals surface area contributed by atoms with Crippen LogP contribution >= 0.6 is 0 Å². The van der Waals surface area contributed by atoms with Gasteiger partial charge in [0, 0.05) is 0 Å². The van der Waals surface area contributed by atoms with Crippen LogP contribution in [0.2, 0.25) is 0 Å². The Morgan fingerprint density at radius 2 is 2.08 bits per heavy atom. The molecular formula is C18H18N2O4. The molecule has 1 unspecified atom stereocenters. The Balaban J connectivity index is 1.71. The van der Waals surface area contributed by atoms with Crippen LogP contribution in [0.25, 0.3) is 0 Å². The molecule has 6 nitrogen and oxygen atoms in total. The van der Waals surface area contributed by atoms with E-state index in [2.05, 4.69) is 10.6 Å². The van der Waals surface area contributed by atoms with Crippen molar-refractivity contribution in [1.29, 1.82) is 0 Å². The number of anilines is 2. The van der Waals surface area contributed by atoms with E-state index in [1.165, 1.54) is 0 Å². The molecule has 0 aliphatic carbocycles. The van der Waals surface area contributed by atoms with Gasteiger partial charge in [-0.15, -0.1) is 0 Å². The Labute approximate surface area is 139 Å². The van der Waals surface area contributed by atoms with Crippen LogP contribution in [0, 0.1) is 0 Å². The lowest BCUT2D eigenvalue weighted by Gasteiger charge is -2.23. The molecule has 0 radical (unpaired) electrons. The number of hydrogen-bond donors (Lipinski definition) is 2. The topological polar surface area (TPSA) is 76.7 Å². The Kier molecular flexibility index (Phi) is 4.37. The average Bonchev–Trinajstić information content (AvgIpc) is 2.56. The molecule has 0 aromatic heterocycles. The third-order valence-electron chi connectivity index (χ3n) is 3.72. The summed E-state index contributed by atoms with van der Waals surface area (Å²) < 4.78 is 10.7. The van der Waals surface area contributed by atoms with E-state index in [1.54, 1.807) is 38.3 Å². The Morgan fingerprint density at radius 1 is 1.29 bits per heavy atom. The number of benzene rings is 2. The molecule has 0 spiro atoms. The van der Waals surface area contributed by atoms with Gasteiger partial charge in [-0.05, 0) is 36.8 Å². The van der Waals surface area contributed by atoms with E-state index >= 15 is 0 Å². The summed E-state index contributed by atoms with van der Waals surface area (Å²) in [6, 6.07) is 12.5. The predicted molar refractivity (Wildman–Crippen MR) is 90.5 cm³/mol. The fourth-order valence-corrected chi connectivity index (χ4v) is 2.49. The van der Waals surface area contributed by atoms with Crippen molar-refractivity contribution in [3.05, 3.63) is 48.0 Å². The molecule has 0 saturated heterocycles. The average molecular weight is 326 g/mol. The normalized spacial score (nSPS) is 15.8. The summed E-state index contributed by atoms with van der Waals surface area (Å²) >= 11 is 0. The van der Waals surface area contributed by atoms with Gasteiger partial charge in [0.15, 0.2) is 6.10 Å². The Morgan fingerprint density at radius 3 is 2.88 bits per heavy atom. The first-order valence-corrected chi connectivity index (χ1v) is 7.60. The number of methoxy groups -OCH3 is 1. The number of rotatable bonds is 4. The van der Waals surface area contributed by atoms with Gasteiger partial charge in [-0.3, -0.25) is 9.59 Å². The molecule has 0 fully saturated rings. The van der Waals surface area contributed by atoms with Crippen molar-refractivity contribution in [2.45, 2.75) is 19.4 Å². The summed E-state index contributed by atoms with van der Waals surface area (Å²) in [5.74, 6) is 0.843. The highest BCUT2D eigenvalue weighted by molar-refractivity contribution is 5.98. The molecule has 0 bridgehead atoms. The smallest absolute Gasteiger partial charge is 0.265 e. The first-order chi connectivity index (χ1) is 11.6. The van der Waals surface area contributed by atoms with Crippen LogP contribution in [-0.2, 0) is 16.0 Å².